The quantitative estimate of drug-likeness (QED) is 0.689. The molecule has 0 aromatic carbocycles. The Balaban J connectivity index is 2.25. The Morgan fingerprint density at radius 2 is 1.71 bits per heavy atom. The van der Waals surface area contributed by atoms with Crippen LogP contribution in [0.3, 0.4) is 0 Å². The molecule has 0 bridgehead atoms. The molecule has 1 aromatic heterocycles. The van der Waals surface area contributed by atoms with Crippen LogP contribution in [0, 0.1) is 0 Å². The number of nitrogens with zero attached hydrogens (tertiary/aromatic N) is 3. The molecule has 96 valence electrons. The van der Waals surface area contributed by atoms with Crippen molar-refractivity contribution in [3.05, 3.63) is 17.7 Å². The van der Waals surface area contributed by atoms with E-state index in [4.69, 9.17) is 4.98 Å². The maximum Gasteiger partial charge on any atom is 0.123 e. The minimum Gasteiger partial charge on any atom is -0.332 e. The number of fused-ring (bicyclic) bond motifs is 1. The maximum atomic E-state index is 4.81. The van der Waals surface area contributed by atoms with E-state index in [-0.39, 0.29) is 11.0 Å². The third kappa shape index (κ3) is 2.54. The van der Waals surface area contributed by atoms with Gasteiger partial charge in [-0.1, -0.05) is 20.8 Å². The zero-order valence-corrected chi connectivity index (χ0v) is 12.0. The van der Waals surface area contributed by atoms with Crippen molar-refractivity contribution in [2.24, 2.45) is 0 Å². The highest BCUT2D eigenvalue weighted by Gasteiger charge is 2.28. The van der Waals surface area contributed by atoms with Gasteiger partial charge in [-0.05, 0) is 20.8 Å². The van der Waals surface area contributed by atoms with Gasteiger partial charge in [-0.3, -0.25) is 4.90 Å². The van der Waals surface area contributed by atoms with Crippen molar-refractivity contribution in [3.63, 3.8) is 0 Å². The van der Waals surface area contributed by atoms with Crippen molar-refractivity contribution >= 4 is 0 Å². The van der Waals surface area contributed by atoms with Crippen molar-refractivity contribution in [1.82, 2.24) is 14.5 Å². The Bertz CT molecular complexity index is 404. The monoisotopic (exact) mass is 235 g/mol. The molecule has 0 radical (unpaired) electrons. The molecule has 0 aliphatic carbocycles. The summed E-state index contributed by atoms with van der Waals surface area (Å²) >= 11 is 0. The summed E-state index contributed by atoms with van der Waals surface area (Å²) in [5.41, 5.74) is 1.60. The standard InChI is InChI=1S/C14H25N3/c1-13(2,3)11-9-16-7-8-17(14(4,5)6)10-12(16)15-11/h9H,7-8,10H2,1-6H3. The van der Waals surface area contributed by atoms with E-state index in [1.807, 2.05) is 0 Å². The molecule has 0 N–H and O–H groups in total. The van der Waals surface area contributed by atoms with E-state index < -0.39 is 0 Å². The van der Waals surface area contributed by atoms with Gasteiger partial charge in [0.2, 0.25) is 0 Å². The number of hydrogen-bond acceptors (Lipinski definition) is 2. The SMILES string of the molecule is CC(C)(C)c1cn2c(n1)CN(C(C)(C)C)CC2. The Morgan fingerprint density at radius 1 is 1.06 bits per heavy atom. The fourth-order valence-corrected chi connectivity index (χ4v) is 2.19. The van der Waals surface area contributed by atoms with Crippen LogP contribution in [0.15, 0.2) is 6.20 Å². The smallest absolute Gasteiger partial charge is 0.123 e. The van der Waals surface area contributed by atoms with Crippen LogP contribution in [-0.2, 0) is 18.5 Å². The van der Waals surface area contributed by atoms with Crippen LogP contribution in [-0.4, -0.2) is 26.5 Å². The first kappa shape index (κ1) is 12.6. The third-order valence-corrected chi connectivity index (χ3v) is 3.52. The lowest BCUT2D eigenvalue weighted by molar-refractivity contribution is 0.100. The second kappa shape index (κ2) is 3.84. The molecule has 1 aliphatic rings. The first-order valence-corrected chi connectivity index (χ1v) is 6.49. The van der Waals surface area contributed by atoms with Gasteiger partial charge in [-0.15, -0.1) is 0 Å². The van der Waals surface area contributed by atoms with Gasteiger partial charge in [0.1, 0.15) is 5.82 Å². The Kier molecular flexibility index (Phi) is 2.85. The van der Waals surface area contributed by atoms with Gasteiger partial charge in [-0.25, -0.2) is 4.98 Å². The first-order chi connectivity index (χ1) is 7.68. The van der Waals surface area contributed by atoms with E-state index in [9.17, 15) is 0 Å². The summed E-state index contributed by atoms with van der Waals surface area (Å²) in [6, 6.07) is 0. The number of rotatable bonds is 0. The van der Waals surface area contributed by atoms with Crippen LogP contribution in [0.25, 0.3) is 0 Å². The summed E-state index contributed by atoms with van der Waals surface area (Å²) in [7, 11) is 0. The van der Waals surface area contributed by atoms with Crippen molar-refractivity contribution in [3.8, 4) is 0 Å². The maximum absolute atomic E-state index is 4.81. The predicted octanol–water partition coefficient (Wildman–Crippen LogP) is 2.79. The molecule has 1 aromatic rings. The Labute approximate surface area is 105 Å². The highest BCUT2D eigenvalue weighted by atomic mass is 15.3. The largest absolute Gasteiger partial charge is 0.332 e. The molecule has 0 spiro atoms. The minimum absolute atomic E-state index is 0.150. The summed E-state index contributed by atoms with van der Waals surface area (Å²) in [6.07, 6.45) is 2.23. The number of hydrogen-bond donors (Lipinski definition) is 0. The number of aromatic nitrogens is 2. The molecule has 0 saturated carbocycles. The first-order valence-electron chi connectivity index (χ1n) is 6.49. The molecule has 0 fully saturated rings. The molecule has 0 atom stereocenters. The molecule has 0 unspecified atom stereocenters. The van der Waals surface area contributed by atoms with Crippen LogP contribution in [0.2, 0.25) is 0 Å². The van der Waals surface area contributed by atoms with Crippen molar-refractivity contribution in [2.75, 3.05) is 6.54 Å². The van der Waals surface area contributed by atoms with Gasteiger partial charge in [-0.2, -0.15) is 0 Å². The molecule has 17 heavy (non-hydrogen) atoms. The summed E-state index contributed by atoms with van der Waals surface area (Å²) in [5, 5.41) is 0. The highest BCUT2D eigenvalue weighted by molar-refractivity contribution is 5.14. The van der Waals surface area contributed by atoms with Gasteiger partial charge in [0, 0.05) is 30.2 Å². The van der Waals surface area contributed by atoms with E-state index in [1.165, 1.54) is 11.5 Å². The van der Waals surface area contributed by atoms with Gasteiger partial charge < -0.3 is 4.57 Å². The summed E-state index contributed by atoms with van der Waals surface area (Å²) in [5.74, 6) is 1.22. The van der Waals surface area contributed by atoms with Gasteiger partial charge >= 0.3 is 0 Å². The van der Waals surface area contributed by atoms with E-state index in [2.05, 4.69) is 57.2 Å². The lowest BCUT2D eigenvalue weighted by atomic mass is 9.93. The Hall–Kier alpha value is -0.830. The average molecular weight is 235 g/mol. The van der Waals surface area contributed by atoms with Crippen LogP contribution in [0.5, 0.6) is 0 Å². The molecule has 1 aliphatic heterocycles. The van der Waals surface area contributed by atoms with E-state index in [1.54, 1.807) is 0 Å². The number of imidazole rings is 1. The molecule has 3 heteroatoms. The van der Waals surface area contributed by atoms with Gasteiger partial charge in [0.05, 0.1) is 12.2 Å². The molecule has 3 nitrogen and oxygen atoms in total. The molecular formula is C14H25N3. The summed E-state index contributed by atoms with van der Waals surface area (Å²) in [4.78, 5) is 7.31. The normalized spacial score (nSPS) is 18.2. The second-order valence-corrected chi connectivity index (χ2v) is 7.08. The molecule has 2 rings (SSSR count). The second-order valence-electron chi connectivity index (χ2n) is 7.08. The zero-order valence-electron chi connectivity index (χ0n) is 12.0. The fraction of sp³-hybridized carbons (Fsp3) is 0.786. The van der Waals surface area contributed by atoms with Gasteiger partial charge in [0.25, 0.3) is 0 Å². The van der Waals surface area contributed by atoms with E-state index in [0.29, 0.717) is 0 Å². The van der Waals surface area contributed by atoms with Crippen molar-refractivity contribution in [1.29, 1.82) is 0 Å². The van der Waals surface area contributed by atoms with E-state index in [0.717, 1.165) is 19.6 Å². The fourth-order valence-electron chi connectivity index (χ4n) is 2.19. The Morgan fingerprint density at radius 3 is 2.24 bits per heavy atom. The average Bonchev–Trinajstić information content (AvgIpc) is 2.57. The van der Waals surface area contributed by atoms with Crippen LogP contribution in [0.1, 0.15) is 53.1 Å². The van der Waals surface area contributed by atoms with Crippen molar-refractivity contribution in [2.45, 2.75) is 65.6 Å². The minimum atomic E-state index is 0.150. The molecular weight excluding hydrogens is 210 g/mol. The lowest BCUT2D eigenvalue weighted by Crippen LogP contribution is -2.45. The predicted molar refractivity (Wildman–Crippen MR) is 71.1 cm³/mol. The highest BCUT2D eigenvalue weighted by Crippen LogP contribution is 2.25. The van der Waals surface area contributed by atoms with Crippen LogP contribution < -0.4 is 0 Å². The zero-order chi connectivity index (χ0) is 12.8. The van der Waals surface area contributed by atoms with Crippen LogP contribution in [0.4, 0.5) is 0 Å². The lowest BCUT2D eigenvalue weighted by Gasteiger charge is -2.38. The topological polar surface area (TPSA) is 21.1 Å². The summed E-state index contributed by atoms with van der Waals surface area (Å²) < 4.78 is 2.32. The molecule has 0 saturated heterocycles. The molecule has 2 heterocycles. The van der Waals surface area contributed by atoms with Crippen molar-refractivity contribution < 1.29 is 0 Å². The summed E-state index contributed by atoms with van der Waals surface area (Å²) in [6.45, 7) is 16.7. The van der Waals surface area contributed by atoms with Gasteiger partial charge in [0.15, 0.2) is 0 Å². The van der Waals surface area contributed by atoms with E-state index >= 15 is 0 Å². The molecule has 0 amide bonds. The van der Waals surface area contributed by atoms with Crippen LogP contribution >= 0.6 is 0 Å². The third-order valence-electron chi connectivity index (χ3n) is 3.52.